The number of nitriles is 2. The number of allylic oxidation sites excluding steroid dienone is 6. The number of hydrogen-bond donors (Lipinski definition) is 1. The fourth-order valence-corrected chi connectivity index (χ4v) is 9.13. The molecule has 0 aliphatic heterocycles. The van der Waals surface area contributed by atoms with E-state index in [0.717, 1.165) is 34.3 Å². The summed E-state index contributed by atoms with van der Waals surface area (Å²) in [6, 6.07) is 10.6. The molecule has 0 radical (unpaired) electrons. The Balaban J connectivity index is 0.000000265. The van der Waals surface area contributed by atoms with Crippen molar-refractivity contribution in [2.75, 3.05) is 0 Å². The molecule has 3 aliphatic rings. The minimum atomic E-state index is -4.43. The van der Waals surface area contributed by atoms with Gasteiger partial charge in [-0.15, -0.1) is 0 Å². The molecule has 2 aromatic rings. The molecule has 5 rings (SSSR count). The van der Waals surface area contributed by atoms with Gasteiger partial charge in [0.15, 0.2) is 0 Å². The Labute approximate surface area is 331 Å². The number of benzene rings is 1. The van der Waals surface area contributed by atoms with Crippen LogP contribution in [0.15, 0.2) is 78.5 Å². The molecule has 0 bridgehead atoms. The third-order valence-corrected chi connectivity index (χ3v) is 13.2. The van der Waals surface area contributed by atoms with Crippen LogP contribution in [0, 0.1) is 57.7 Å². The molecular formula is C45H63N5O4S. The Hall–Kier alpha value is -3.83. The maximum Gasteiger partial charge on any atom is 0.397 e. The molecule has 10 heteroatoms. The summed E-state index contributed by atoms with van der Waals surface area (Å²) in [6.45, 7) is 24.1. The van der Waals surface area contributed by atoms with Gasteiger partial charge in [-0.25, -0.2) is 13.8 Å². The van der Waals surface area contributed by atoms with Crippen LogP contribution in [-0.2, 0) is 32.0 Å². The molecule has 1 aromatic heterocycles. The van der Waals surface area contributed by atoms with E-state index in [0.29, 0.717) is 60.8 Å². The predicted molar refractivity (Wildman–Crippen MR) is 219 cm³/mol. The quantitative estimate of drug-likeness (QED) is 0.176. The zero-order valence-corrected chi connectivity index (χ0v) is 35.4. The second-order valence-corrected chi connectivity index (χ2v) is 18.9. The zero-order valence-electron chi connectivity index (χ0n) is 34.5. The van der Waals surface area contributed by atoms with E-state index >= 15 is 0 Å². The number of rotatable bonds is 11. The predicted octanol–water partition coefficient (Wildman–Crippen LogP) is 10.4. The Morgan fingerprint density at radius 3 is 2.24 bits per heavy atom. The van der Waals surface area contributed by atoms with Gasteiger partial charge >= 0.3 is 10.4 Å². The lowest BCUT2D eigenvalue weighted by atomic mass is 9.61. The molecule has 0 unspecified atom stereocenters. The van der Waals surface area contributed by atoms with Gasteiger partial charge in [0.2, 0.25) is 0 Å². The normalized spacial score (nSPS) is 26.0. The molecule has 55 heavy (non-hydrogen) atoms. The maximum atomic E-state index is 11.1. The average molecular weight is 770 g/mol. The highest BCUT2D eigenvalue weighted by Crippen LogP contribution is 2.59. The van der Waals surface area contributed by atoms with Crippen molar-refractivity contribution in [2.45, 2.75) is 137 Å². The van der Waals surface area contributed by atoms with E-state index < -0.39 is 27.3 Å². The van der Waals surface area contributed by atoms with Crippen molar-refractivity contribution in [1.29, 1.82) is 10.5 Å². The number of nitrogens with zero attached hydrogens (tertiary/aromatic N) is 5. The molecule has 298 valence electrons. The average Bonchev–Trinajstić information content (AvgIpc) is 3.77. The van der Waals surface area contributed by atoms with Crippen LogP contribution < -0.4 is 0 Å². The van der Waals surface area contributed by atoms with E-state index in [9.17, 15) is 18.9 Å². The first-order valence-corrected chi connectivity index (χ1v) is 21.3. The lowest BCUT2D eigenvalue weighted by Gasteiger charge is -2.44. The monoisotopic (exact) mass is 769 g/mol. The Bertz CT molecular complexity index is 1900. The van der Waals surface area contributed by atoms with Crippen molar-refractivity contribution in [1.82, 2.24) is 14.8 Å². The summed E-state index contributed by atoms with van der Waals surface area (Å²) in [4.78, 5) is 3.94. The van der Waals surface area contributed by atoms with Crippen LogP contribution in [0.2, 0.25) is 0 Å². The molecule has 0 saturated heterocycles. The van der Waals surface area contributed by atoms with Crippen LogP contribution in [0.3, 0.4) is 0 Å². The van der Waals surface area contributed by atoms with Gasteiger partial charge in [0.1, 0.15) is 12.7 Å². The SMILES string of the molecule is C=C1CC[C@H](OS(=O)(=O)O)C/C1=C/C=C1\CCC[C@]2(C)[C@@H]([C@H](C)/C=C/[C@H](C)C(C)C)CC[C@@H]12.CC(C)(C#N)c1cc(Cn2cncn2)cc(C(C)(C)C#N)c1. The molecule has 3 saturated carbocycles. The van der Waals surface area contributed by atoms with Crippen molar-refractivity contribution >= 4 is 10.4 Å². The van der Waals surface area contributed by atoms with Crippen LogP contribution in [0.4, 0.5) is 0 Å². The number of fused-ring (bicyclic) bond motifs is 1. The van der Waals surface area contributed by atoms with Crippen LogP contribution >= 0.6 is 0 Å². The summed E-state index contributed by atoms with van der Waals surface area (Å²) in [7, 11) is -4.43. The maximum absolute atomic E-state index is 11.1. The van der Waals surface area contributed by atoms with Gasteiger partial charge in [-0.05, 0) is 130 Å². The van der Waals surface area contributed by atoms with Gasteiger partial charge in [0.25, 0.3) is 0 Å². The molecule has 1 heterocycles. The molecule has 3 fully saturated rings. The smallest absolute Gasteiger partial charge is 0.264 e. The zero-order chi connectivity index (χ0) is 40.8. The van der Waals surface area contributed by atoms with Gasteiger partial charge in [-0.1, -0.05) is 94.8 Å². The van der Waals surface area contributed by atoms with Gasteiger partial charge in [0.05, 0.1) is 35.6 Å². The summed E-state index contributed by atoms with van der Waals surface area (Å²) in [5, 5.41) is 22.9. The Morgan fingerprint density at radius 2 is 1.67 bits per heavy atom. The van der Waals surface area contributed by atoms with E-state index in [1.165, 1.54) is 37.6 Å². The minimum Gasteiger partial charge on any atom is -0.264 e. The van der Waals surface area contributed by atoms with E-state index in [1.807, 2.05) is 45.9 Å². The second kappa shape index (κ2) is 18.0. The first-order valence-electron chi connectivity index (χ1n) is 19.9. The highest BCUT2D eigenvalue weighted by Gasteiger charge is 2.50. The lowest BCUT2D eigenvalue weighted by Crippen LogP contribution is -2.35. The summed E-state index contributed by atoms with van der Waals surface area (Å²) in [6.07, 6.45) is 19.9. The van der Waals surface area contributed by atoms with Crippen LogP contribution in [-0.4, -0.2) is 33.8 Å². The van der Waals surface area contributed by atoms with Crippen molar-refractivity contribution in [3.63, 3.8) is 0 Å². The van der Waals surface area contributed by atoms with E-state index in [1.54, 1.807) is 11.0 Å². The third kappa shape index (κ3) is 11.4. The van der Waals surface area contributed by atoms with Crippen LogP contribution in [0.5, 0.6) is 0 Å². The number of hydrogen-bond acceptors (Lipinski definition) is 7. The van der Waals surface area contributed by atoms with Gasteiger partial charge in [-0.2, -0.15) is 24.0 Å². The molecular weight excluding hydrogens is 707 g/mol. The van der Waals surface area contributed by atoms with Crippen molar-refractivity contribution in [3.8, 4) is 12.1 Å². The van der Waals surface area contributed by atoms with Crippen molar-refractivity contribution in [2.24, 2.45) is 35.0 Å². The molecule has 0 amide bonds. The standard InChI is InChI=1S/C28H44O4S.C17H19N5/c1-19(2)20(3)9-10-22(5)26-15-16-27-23(8-7-17-28(26,27)6)12-13-24-18-25(14-11-21(24)4)32-33(29,30)31;1-16(2,9-18)14-5-13(8-22-12-20-11-21-22)6-15(7-14)17(3,4)10-19/h9-10,12-13,19-20,22,25-27H,4,7-8,11,14-18H2,1-3,5-6H3,(H,29,30,31);5-7,11-12H,8H2,1-4H3/b10-9+,23-12+,24-13-;/t20-,22+,25-,26+,27-,28+;/m0./s1. The first kappa shape index (κ1) is 43.9. The fourth-order valence-electron chi connectivity index (χ4n) is 8.62. The van der Waals surface area contributed by atoms with Crippen LogP contribution in [0.25, 0.3) is 0 Å². The summed E-state index contributed by atoms with van der Waals surface area (Å²) in [5.41, 5.74) is 5.56. The number of aromatic nitrogens is 3. The third-order valence-electron chi connectivity index (χ3n) is 12.7. The topological polar surface area (TPSA) is 142 Å². The lowest BCUT2D eigenvalue weighted by molar-refractivity contribution is 0.112. The molecule has 6 atom stereocenters. The Morgan fingerprint density at radius 1 is 1.02 bits per heavy atom. The summed E-state index contributed by atoms with van der Waals surface area (Å²) < 4.78 is 37.9. The molecule has 1 aromatic carbocycles. The van der Waals surface area contributed by atoms with Gasteiger partial charge in [-0.3, -0.25) is 4.55 Å². The highest BCUT2D eigenvalue weighted by atomic mass is 32.3. The second-order valence-electron chi connectivity index (χ2n) is 17.9. The van der Waals surface area contributed by atoms with E-state index in [-0.39, 0.29) is 0 Å². The minimum absolute atomic E-state index is 0.341. The summed E-state index contributed by atoms with van der Waals surface area (Å²) in [5.74, 6) is 3.22. The van der Waals surface area contributed by atoms with Gasteiger partial charge in [0, 0.05) is 6.42 Å². The highest BCUT2D eigenvalue weighted by molar-refractivity contribution is 7.80. The van der Waals surface area contributed by atoms with Crippen LogP contribution in [0.1, 0.15) is 130 Å². The van der Waals surface area contributed by atoms with E-state index in [4.69, 9.17) is 8.74 Å². The molecule has 9 nitrogen and oxygen atoms in total. The van der Waals surface area contributed by atoms with Crippen molar-refractivity contribution in [3.05, 3.63) is 95.1 Å². The summed E-state index contributed by atoms with van der Waals surface area (Å²) >= 11 is 0. The van der Waals surface area contributed by atoms with Gasteiger partial charge < -0.3 is 0 Å². The first-order chi connectivity index (χ1) is 25.7. The van der Waals surface area contributed by atoms with E-state index in [2.05, 4.69) is 87.7 Å². The molecule has 3 aliphatic carbocycles. The van der Waals surface area contributed by atoms with Crippen molar-refractivity contribution < 1.29 is 17.2 Å². The molecule has 1 N–H and O–H groups in total. The molecule has 0 spiro atoms. The largest absolute Gasteiger partial charge is 0.397 e. The fraction of sp³-hybridized carbons (Fsp3) is 0.600. The Kier molecular flexibility index (Phi) is 14.3.